The van der Waals surface area contributed by atoms with Gasteiger partial charge in [0, 0.05) is 6.07 Å². The van der Waals surface area contributed by atoms with Crippen molar-refractivity contribution >= 4 is 17.3 Å². The molecule has 1 aromatic heterocycles. The van der Waals surface area contributed by atoms with Crippen LogP contribution in [0.2, 0.25) is 0 Å². The molecule has 0 spiro atoms. The number of rotatable bonds is 5. The van der Waals surface area contributed by atoms with Gasteiger partial charge in [0.1, 0.15) is 17.3 Å². The maximum Gasteiger partial charge on any atom is 0.273 e. The van der Waals surface area contributed by atoms with Crippen LogP contribution in [0.5, 0.6) is 17.2 Å². The Morgan fingerprint density at radius 2 is 2.00 bits per heavy atom. The number of methoxy groups -OCH3 is 1. The second-order valence-electron chi connectivity index (χ2n) is 6.08. The summed E-state index contributed by atoms with van der Waals surface area (Å²) < 4.78 is 21.7. The molecule has 0 amide bonds. The maximum absolute atomic E-state index is 11.0. The van der Waals surface area contributed by atoms with Crippen LogP contribution in [0.15, 0.2) is 52.9 Å². The first kappa shape index (κ1) is 18.1. The van der Waals surface area contributed by atoms with E-state index in [1.165, 1.54) is 19.2 Å². The molecular weight excluding hydrogens is 376 g/mol. The lowest BCUT2D eigenvalue weighted by Crippen LogP contribution is -1.92. The van der Waals surface area contributed by atoms with Crippen molar-refractivity contribution in [2.24, 2.45) is 0 Å². The fourth-order valence-electron chi connectivity index (χ4n) is 2.96. The third kappa shape index (κ3) is 3.49. The van der Waals surface area contributed by atoms with Crippen molar-refractivity contribution in [3.8, 4) is 34.6 Å². The molecule has 0 saturated carbocycles. The van der Waals surface area contributed by atoms with Crippen molar-refractivity contribution in [1.29, 1.82) is 5.26 Å². The molecule has 2 aromatic carbocycles. The van der Waals surface area contributed by atoms with E-state index in [2.05, 4.69) is 6.07 Å². The van der Waals surface area contributed by atoms with E-state index in [1.807, 2.05) is 0 Å². The fourth-order valence-corrected chi connectivity index (χ4v) is 2.96. The minimum absolute atomic E-state index is 0.0770. The number of ether oxygens (including phenoxy) is 3. The zero-order chi connectivity index (χ0) is 20.4. The molecular formula is C21H14N2O6. The quantitative estimate of drug-likeness (QED) is 0.354. The first-order valence-electron chi connectivity index (χ1n) is 8.53. The summed E-state index contributed by atoms with van der Waals surface area (Å²) in [5, 5.41) is 20.5. The van der Waals surface area contributed by atoms with Crippen LogP contribution in [-0.2, 0) is 0 Å². The molecule has 1 aliphatic rings. The average molecular weight is 390 g/mol. The van der Waals surface area contributed by atoms with Crippen LogP contribution < -0.4 is 14.2 Å². The Morgan fingerprint density at radius 1 is 1.17 bits per heavy atom. The van der Waals surface area contributed by atoms with E-state index in [4.69, 9.17) is 18.6 Å². The van der Waals surface area contributed by atoms with Crippen molar-refractivity contribution in [2.75, 3.05) is 13.9 Å². The number of nitriles is 1. The fraction of sp³-hybridized carbons (Fsp3) is 0.0952. The predicted octanol–water partition coefficient (Wildman–Crippen LogP) is 4.66. The zero-order valence-corrected chi connectivity index (χ0v) is 15.2. The number of fused-ring (bicyclic) bond motifs is 1. The average Bonchev–Trinajstić information content (AvgIpc) is 3.40. The molecule has 8 nitrogen and oxygen atoms in total. The van der Waals surface area contributed by atoms with Gasteiger partial charge >= 0.3 is 0 Å². The van der Waals surface area contributed by atoms with Crippen LogP contribution >= 0.6 is 0 Å². The van der Waals surface area contributed by atoms with Gasteiger partial charge in [-0.25, -0.2) is 0 Å². The standard InChI is InChI=1S/C21H14N2O6/c1-26-20-10-15(23(24)25)3-5-17(20)18-7-4-16(29-18)8-14(11-22)13-2-6-19-21(9-13)28-12-27-19/h2-10H,12H2,1H3/b14-8+. The minimum atomic E-state index is -0.493. The molecule has 144 valence electrons. The predicted molar refractivity (Wildman–Crippen MR) is 103 cm³/mol. The van der Waals surface area contributed by atoms with Gasteiger partial charge in [-0.3, -0.25) is 10.1 Å². The van der Waals surface area contributed by atoms with Gasteiger partial charge in [-0.2, -0.15) is 5.26 Å². The van der Waals surface area contributed by atoms with Crippen molar-refractivity contribution in [2.45, 2.75) is 0 Å². The largest absolute Gasteiger partial charge is 0.496 e. The molecule has 3 aromatic rings. The van der Waals surface area contributed by atoms with Gasteiger partial charge < -0.3 is 18.6 Å². The molecule has 0 radical (unpaired) electrons. The molecule has 1 aliphatic heterocycles. The van der Waals surface area contributed by atoms with Crippen LogP contribution in [0, 0.1) is 21.4 Å². The van der Waals surface area contributed by atoms with Gasteiger partial charge in [0.25, 0.3) is 5.69 Å². The van der Waals surface area contributed by atoms with Gasteiger partial charge in [0.2, 0.25) is 6.79 Å². The summed E-state index contributed by atoms with van der Waals surface area (Å²) in [5.74, 6) is 2.46. The first-order valence-corrected chi connectivity index (χ1v) is 8.53. The monoisotopic (exact) mass is 390 g/mol. The number of furan rings is 1. The summed E-state index contributed by atoms with van der Waals surface area (Å²) in [7, 11) is 1.43. The lowest BCUT2D eigenvalue weighted by atomic mass is 10.1. The van der Waals surface area contributed by atoms with E-state index in [9.17, 15) is 15.4 Å². The highest BCUT2D eigenvalue weighted by Gasteiger charge is 2.17. The molecule has 0 atom stereocenters. The molecule has 4 rings (SSSR count). The Kier molecular flexibility index (Phi) is 4.63. The number of allylic oxidation sites excluding steroid dienone is 1. The number of hydrogen-bond donors (Lipinski definition) is 0. The number of benzene rings is 2. The van der Waals surface area contributed by atoms with Gasteiger partial charge in [0.15, 0.2) is 11.5 Å². The second-order valence-corrected chi connectivity index (χ2v) is 6.08. The summed E-state index contributed by atoms with van der Waals surface area (Å²) in [4.78, 5) is 10.5. The van der Waals surface area contributed by atoms with Gasteiger partial charge in [0.05, 0.1) is 35.3 Å². The molecule has 0 N–H and O–H groups in total. The Bertz CT molecular complexity index is 1170. The molecule has 29 heavy (non-hydrogen) atoms. The highest BCUT2D eigenvalue weighted by Crippen LogP contribution is 2.36. The highest BCUT2D eigenvalue weighted by atomic mass is 16.7. The molecule has 0 fully saturated rings. The third-order valence-corrected chi connectivity index (χ3v) is 4.38. The minimum Gasteiger partial charge on any atom is -0.496 e. The van der Waals surface area contributed by atoms with Crippen LogP contribution in [0.1, 0.15) is 11.3 Å². The smallest absolute Gasteiger partial charge is 0.273 e. The van der Waals surface area contributed by atoms with Gasteiger partial charge in [-0.1, -0.05) is 0 Å². The molecule has 0 aliphatic carbocycles. The molecule has 0 saturated heterocycles. The number of hydrogen-bond acceptors (Lipinski definition) is 7. The Hall–Kier alpha value is -4.25. The molecule has 8 heteroatoms. The lowest BCUT2D eigenvalue weighted by molar-refractivity contribution is -0.384. The van der Waals surface area contributed by atoms with Crippen LogP contribution in [0.4, 0.5) is 5.69 Å². The molecule has 0 bridgehead atoms. The lowest BCUT2D eigenvalue weighted by Gasteiger charge is -2.05. The normalized spacial score (nSPS) is 12.5. The molecule has 2 heterocycles. The number of nitro groups is 1. The van der Waals surface area contributed by atoms with E-state index < -0.39 is 4.92 Å². The Labute approximate surface area is 165 Å². The van der Waals surface area contributed by atoms with Crippen molar-refractivity contribution in [1.82, 2.24) is 0 Å². The van der Waals surface area contributed by atoms with Gasteiger partial charge in [-0.15, -0.1) is 0 Å². The SMILES string of the molecule is COc1cc([N+](=O)[O-])ccc1-c1ccc(/C=C(\C#N)c2ccc3c(c2)OCO3)o1. The number of nitro benzene ring substituents is 1. The molecule has 0 unspecified atom stereocenters. The third-order valence-electron chi connectivity index (χ3n) is 4.38. The Balaban J connectivity index is 1.67. The summed E-state index contributed by atoms with van der Waals surface area (Å²) in [6.45, 7) is 0.156. The topological polar surface area (TPSA) is 108 Å². The van der Waals surface area contributed by atoms with Crippen LogP contribution in [0.3, 0.4) is 0 Å². The maximum atomic E-state index is 11.0. The second kappa shape index (κ2) is 7.40. The highest BCUT2D eigenvalue weighted by molar-refractivity contribution is 5.89. The zero-order valence-electron chi connectivity index (χ0n) is 15.2. The van der Waals surface area contributed by atoms with E-state index >= 15 is 0 Å². The van der Waals surface area contributed by atoms with Crippen LogP contribution in [-0.4, -0.2) is 18.8 Å². The van der Waals surface area contributed by atoms with E-state index in [1.54, 1.807) is 42.5 Å². The van der Waals surface area contributed by atoms with Crippen molar-refractivity contribution in [3.05, 3.63) is 70.0 Å². The summed E-state index contributed by atoms with van der Waals surface area (Å²) >= 11 is 0. The van der Waals surface area contributed by atoms with E-state index in [0.717, 1.165) is 0 Å². The van der Waals surface area contributed by atoms with Gasteiger partial charge in [-0.05, 0) is 48.0 Å². The van der Waals surface area contributed by atoms with E-state index in [-0.39, 0.29) is 12.5 Å². The number of non-ortho nitro benzene ring substituents is 1. The Morgan fingerprint density at radius 3 is 2.76 bits per heavy atom. The van der Waals surface area contributed by atoms with Crippen molar-refractivity contribution in [3.63, 3.8) is 0 Å². The van der Waals surface area contributed by atoms with Crippen LogP contribution in [0.25, 0.3) is 23.0 Å². The van der Waals surface area contributed by atoms with E-state index in [0.29, 0.717) is 45.5 Å². The summed E-state index contributed by atoms with van der Waals surface area (Å²) in [6, 6.07) is 15.1. The number of nitrogens with zero attached hydrogens (tertiary/aromatic N) is 2. The summed E-state index contributed by atoms with van der Waals surface area (Å²) in [6.07, 6.45) is 1.61. The summed E-state index contributed by atoms with van der Waals surface area (Å²) in [5.41, 5.74) is 1.55. The first-order chi connectivity index (χ1) is 14.1. The van der Waals surface area contributed by atoms with Crippen molar-refractivity contribution < 1.29 is 23.6 Å².